The monoisotopic (exact) mass is 254 g/mol. The predicted octanol–water partition coefficient (Wildman–Crippen LogP) is 0.540. The summed E-state index contributed by atoms with van der Waals surface area (Å²) < 4.78 is 5.82. The maximum absolute atomic E-state index is 11.9. The lowest BCUT2D eigenvalue weighted by atomic mass is 10.1. The van der Waals surface area contributed by atoms with E-state index >= 15 is 0 Å². The van der Waals surface area contributed by atoms with E-state index in [-0.39, 0.29) is 24.3 Å². The van der Waals surface area contributed by atoms with Crippen LogP contribution < -0.4 is 5.32 Å². The van der Waals surface area contributed by atoms with Crippen molar-refractivity contribution < 1.29 is 14.3 Å². The van der Waals surface area contributed by atoms with Crippen LogP contribution in [0, 0.1) is 5.92 Å². The predicted molar refractivity (Wildman–Crippen MR) is 67.0 cm³/mol. The lowest BCUT2D eigenvalue weighted by Gasteiger charge is -2.32. The van der Waals surface area contributed by atoms with Gasteiger partial charge in [0.25, 0.3) is 0 Å². The SMILES string of the molecule is CNC(=O)CC(=O)N1CCCC(OCC2CC2)C1. The van der Waals surface area contributed by atoms with Crippen LogP contribution in [0.3, 0.4) is 0 Å². The molecule has 1 unspecified atom stereocenters. The summed E-state index contributed by atoms with van der Waals surface area (Å²) >= 11 is 0. The number of likely N-dealkylation sites (tertiary alicyclic amines) is 1. The Bertz CT molecular complexity index is 315. The molecule has 0 spiro atoms. The van der Waals surface area contributed by atoms with Gasteiger partial charge in [0.2, 0.25) is 11.8 Å². The maximum Gasteiger partial charge on any atom is 0.232 e. The third-order valence-corrected chi connectivity index (χ3v) is 3.59. The number of nitrogens with one attached hydrogen (secondary N) is 1. The highest BCUT2D eigenvalue weighted by Gasteiger charge is 2.28. The Kier molecular flexibility index (Phi) is 4.58. The summed E-state index contributed by atoms with van der Waals surface area (Å²) in [4.78, 5) is 24.8. The first-order valence-corrected chi connectivity index (χ1v) is 6.79. The second kappa shape index (κ2) is 6.18. The number of carbonyl (C=O) groups is 2. The Morgan fingerprint density at radius 1 is 1.33 bits per heavy atom. The van der Waals surface area contributed by atoms with E-state index in [0.717, 1.165) is 31.9 Å². The average molecular weight is 254 g/mol. The highest BCUT2D eigenvalue weighted by atomic mass is 16.5. The lowest BCUT2D eigenvalue weighted by molar-refractivity contribution is -0.139. The molecule has 2 rings (SSSR count). The highest BCUT2D eigenvalue weighted by Crippen LogP contribution is 2.29. The van der Waals surface area contributed by atoms with Crippen molar-refractivity contribution in [3.8, 4) is 0 Å². The van der Waals surface area contributed by atoms with Crippen LogP contribution in [0.1, 0.15) is 32.1 Å². The van der Waals surface area contributed by atoms with Gasteiger partial charge in [-0.1, -0.05) is 0 Å². The molecule has 1 aliphatic heterocycles. The van der Waals surface area contributed by atoms with E-state index in [4.69, 9.17) is 4.74 Å². The fourth-order valence-corrected chi connectivity index (χ4v) is 2.19. The Morgan fingerprint density at radius 2 is 2.11 bits per heavy atom. The molecular weight excluding hydrogens is 232 g/mol. The molecule has 2 aliphatic rings. The van der Waals surface area contributed by atoms with E-state index in [1.165, 1.54) is 12.8 Å². The van der Waals surface area contributed by atoms with Crippen LogP contribution in [-0.4, -0.2) is 49.6 Å². The smallest absolute Gasteiger partial charge is 0.232 e. The third kappa shape index (κ3) is 3.98. The molecule has 1 N–H and O–H groups in total. The zero-order valence-electron chi connectivity index (χ0n) is 11.0. The van der Waals surface area contributed by atoms with Crippen molar-refractivity contribution in [2.45, 2.75) is 38.2 Å². The first-order valence-electron chi connectivity index (χ1n) is 6.79. The van der Waals surface area contributed by atoms with Crippen molar-refractivity contribution in [1.29, 1.82) is 0 Å². The van der Waals surface area contributed by atoms with Crippen molar-refractivity contribution in [3.63, 3.8) is 0 Å². The van der Waals surface area contributed by atoms with Crippen LogP contribution in [0.4, 0.5) is 0 Å². The summed E-state index contributed by atoms with van der Waals surface area (Å²) in [5.41, 5.74) is 0. The van der Waals surface area contributed by atoms with Gasteiger partial charge in [0.1, 0.15) is 6.42 Å². The number of carbonyl (C=O) groups excluding carboxylic acids is 2. The van der Waals surface area contributed by atoms with E-state index in [9.17, 15) is 9.59 Å². The van der Waals surface area contributed by atoms with Crippen molar-refractivity contribution in [2.24, 2.45) is 5.92 Å². The number of ether oxygens (including phenoxy) is 1. The van der Waals surface area contributed by atoms with Gasteiger partial charge in [0.05, 0.1) is 6.10 Å². The van der Waals surface area contributed by atoms with Crippen molar-refractivity contribution >= 4 is 11.8 Å². The van der Waals surface area contributed by atoms with Gasteiger partial charge in [-0.15, -0.1) is 0 Å². The number of amides is 2. The first kappa shape index (κ1) is 13.3. The molecule has 0 aromatic carbocycles. The van der Waals surface area contributed by atoms with Crippen LogP contribution in [0.15, 0.2) is 0 Å². The Morgan fingerprint density at radius 3 is 2.78 bits per heavy atom. The second-order valence-corrected chi connectivity index (χ2v) is 5.23. The number of rotatable bonds is 5. The number of hydrogen-bond acceptors (Lipinski definition) is 3. The molecule has 1 atom stereocenters. The van der Waals surface area contributed by atoms with Crippen LogP contribution in [0.25, 0.3) is 0 Å². The van der Waals surface area contributed by atoms with Crippen molar-refractivity contribution in [1.82, 2.24) is 10.2 Å². The lowest BCUT2D eigenvalue weighted by Crippen LogP contribution is -2.44. The number of piperidine rings is 1. The fraction of sp³-hybridized carbons (Fsp3) is 0.846. The summed E-state index contributed by atoms with van der Waals surface area (Å²) in [5.74, 6) is 0.442. The maximum atomic E-state index is 11.9. The molecule has 2 fully saturated rings. The number of nitrogens with zero attached hydrogens (tertiary/aromatic N) is 1. The molecule has 1 aliphatic carbocycles. The molecule has 1 saturated carbocycles. The third-order valence-electron chi connectivity index (χ3n) is 3.59. The molecule has 102 valence electrons. The minimum atomic E-state index is -0.221. The van der Waals surface area contributed by atoms with Gasteiger partial charge in [-0.3, -0.25) is 9.59 Å². The molecule has 0 aromatic rings. The summed E-state index contributed by atoms with van der Waals surface area (Å²) in [5, 5.41) is 2.48. The Balaban J connectivity index is 1.74. The molecule has 5 heteroatoms. The molecule has 2 amide bonds. The number of hydrogen-bond donors (Lipinski definition) is 1. The van der Waals surface area contributed by atoms with Gasteiger partial charge in [-0.2, -0.15) is 0 Å². The summed E-state index contributed by atoms with van der Waals surface area (Å²) in [7, 11) is 1.55. The van der Waals surface area contributed by atoms with Crippen LogP contribution in [-0.2, 0) is 14.3 Å². The van der Waals surface area contributed by atoms with Gasteiger partial charge in [0.15, 0.2) is 0 Å². The van der Waals surface area contributed by atoms with Gasteiger partial charge in [0, 0.05) is 26.7 Å². The molecule has 0 aromatic heterocycles. The molecule has 5 nitrogen and oxygen atoms in total. The molecule has 1 saturated heterocycles. The molecule has 0 radical (unpaired) electrons. The van der Waals surface area contributed by atoms with Crippen LogP contribution in [0.5, 0.6) is 0 Å². The summed E-state index contributed by atoms with van der Waals surface area (Å²) in [6.45, 7) is 2.23. The molecule has 18 heavy (non-hydrogen) atoms. The molecule has 1 heterocycles. The average Bonchev–Trinajstić information content (AvgIpc) is 3.20. The minimum absolute atomic E-state index is 0.0498. The molecule has 0 bridgehead atoms. The van der Waals surface area contributed by atoms with E-state index in [0.29, 0.717) is 6.54 Å². The molecular formula is C13H22N2O3. The van der Waals surface area contributed by atoms with Gasteiger partial charge < -0.3 is 15.0 Å². The fourth-order valence-electron chi connectivity index (χ4n) is 2.19. The van der Waals surface area contributed by atoms with E-state index in [2.05, 4.69) is 5.32 Å². The van der Waals surface area contributed by atoms with Gasteiger partial charge in [-0.05, 0) is 31.6 Å². The Hall–Kier alpha value is -1.10. The highest BCUT2D eigenvalue weighted by molar-refractivity contribution is 5.96. The van der Waals surface area contributed by atoms with Crippen LogP contribution >= 0.6 is 0 Å². The van der Waals surface area contributed by atoms with Gasteiger partial charge >= 0.3 is 0 Å². The topological polar surface area (TPSA) is 58.6 Å². The first-order chi connectivity index (χ1) is 8.69. The zero-order chi connectivity index (χ0) is 13.0. The largest absolute Gasteiger partial charge is 0.376 e. The normalized spacial score (nSPS) is 23.8. The standard InChI is InChI=1S/C13H22N2O3/c1-14-12(16)7-13(17)15-6-2-3-11(8-15)18-9-10-4-5-10/h10-11H,2-9H2,1H3,(H,14,16). The second-order valence-electron chi connectivity index (χ2n) is 5.23. The summed E-state index contributed by atoms with van der Waals surface area (Å²) in [6, 6.07) is 0. The summed E-state index contributed by atoms with van der Waals surface area (Å²) in [6.07, 6.45) is 4.67. The minimum Gasteiger partial charge on any atom is -0.376 e. The van der Waals surface area contributed by atoms with Crippen molar-refractivity contribution in [2.75, 3.05) is 26.7 Å². The van der Waals surface area contributed by atoms with Crippen LogP contribution in [0.2, 0.25) is 0 Å². The van der Waals surface area contributed by atoms with E-state index in [1.807, 2.05) is 0 Å². The zero-order valence-corrected chi connectivity index (χ0v) is 11.0. The Labute approximate surface area is 108 Å². The van der Waals surface area contributed by atoms with Crippen molar-refractivity contribution in [3.05, 3.63) is 0 Å². The van der Waals surface area contributed by atoms with E-state index in [1.54, 1.807) is 11.9 Å². The quantitative estimate of drug-likeness (QED) is 0.729. The van der Waals surface area contributed by atoms with E-state index < -0.39 is 0 Å². The van der Waals surface area contributed by atoms with Gasteiger partial charge in [-0.25, -0.2) is 0 Å².